The number of ether oxygens (including phenoxy) is 4. The Hall–Kier alpha value is -2.54. The summed E-state index contributed by atoms with van der Waals surface area (Å²) in [6, 6.07) is 15.8. The smallest absolute Gasteiger partial charge is 0.306 e. The Labute approximate surface area is 255 Å². The van der Waals surface area contributed by atoms with Gasteiger partial charge in [0.15, 0.2) is 6.29 Å². The molecular weight excluding hydrogens is 572 g/mol. The zero-order valence-electron chi connectivity index (χ0n) is 25.8. The third-order valence-corrected chi connectivity index (χ3v) is 10.1. The first-order chi connectivity index (χ1) is 20.5. The van der Waals surface area contributed by atoms with E-state index in [1.165, 1.54) is 23.5 Å². The molecule has 0 aliphatic carbocycles. The number of aliphatic hydroxyl groups excluding tert-OH is 1. The van der Waals surface area contributed by atoms with Crippen LogP contribution in [0, 0.1) is 17.8 Å². The van der Waals surface area contributed by atoms with Crippen molar-refractivity contribution in [2.45, 2.75) is 62.5 Å². The van der Waals surface area contributed by atoms with Gasteiger partial charge in [-0.15, -0.1) is 0 Å². The fourth-order valence-corrected chi connectivity index (χ4v) is 7.55. The average molecular weight is 619 g/mol. The van der Waals surface area contributed by atoms with E-state index < -0.39 is 34.3 Å². The van der Waals surface area contributed by atoms with Gasteiger partial charge in [0, 0.05) is 31.5 Å². The van der Waals surface area contributed by atoms with E-state index in [-0.39, 0.29) is 48.4 Å². The molecule has 0 amide bonds. The number of aliphatic hydroxyl groups is 1. The Kier molecular flexibility index (Phi) is 11.6. The van der Waals surface area contributed by atoms with Crippen molar-refractivity contribution in [2.24, 2.45) is 17.8 Å². The summed E-state index contributed by atoms with van der Waals surface area (Å²) >= 11 is 0. The zero-order valence-corrected chi connectivity index (χ0v) is 26.6. The molecule has 0 radical (unpaired) electrons. The van der Waals surface area contributed by atoms with Crippen molar-refractivity contribution >= 4 is 16.0 Å². The van der Waals surface area contributed by atoms with Crippen LogP contribution in [0.3, 0.4) is 0 Å². The molecule has 2 aromatic carbocycles. The summed E-state index contributed by atoms with van der Waals surface area (Å²) in [4.78, 5) is 15.6. The second-order valence-corrected chi connectivity index (χ2v) is 14.0. The third kappa shape index (κ3) is 8.55. The van der Waals surface area contributed by atoms with Crippen molar-refractivity contribution < 1.29 is 37.3 Å². The highest BCUT2D eigenvalue weighted by Gasteiger charge is 2.48. The van der Waals surface area contributed by atoms with E-state index in [0.29, 0.717) is 31.8 Å². The molecule has 43 heavy (non-hydrogen) atoms. The molecule has 4 rings (SSSR count). The first kappa shape index (κ1) is 33.4. The average Bonchev–Trinajstić information content (AvgIpc) is 3.42. The number of esters is 1. The highest BCUT2D eigenvalue weighted by Crippen LogP contribution is 2.35. The summed E-state index contributed by atoms with van der Waals surface area (Å²) in [5.74, 6) is -0.550. The minimum Gasteiger partial charge on any atom is -0.497 e. The highest BCUT2D eigenvalue weighted by atomic mass is 32.2. The van der Waals surface area contributed by atoms with E-state index >= 15 is 0 Å². The second-order valence-electron chi connectivity index (χ2n) is 12.1. The first-order valence-electron chi connectivity index (χ1n) is 14.9. The first-order valence-corrected chi connectivity index (χ1v) is 16.4. The molecule has 0 saturated carbocycles. The number of sulfonamides is 1. The third-order valence-electron chi connectivity index (χ3n) is 8.22. The van der Waals surface area contributed by atoms with E-state index in [2.05, 4.69) is 4.90 Å². The van der Waals surface area contributed by atoms with Crippen LogP contribution < -0.4 is 4.74 Å². The van der Waals surface area contributed by atoms with Gasteiger partial charge < -0.3 is 29.0 Å². The Morgan fingerprint density at radius 1 is 1.05 bits per heavy atom. The largest absolute Gasteiger partial charge is 0.497 e. The van der Waals surface area contributed by atoms with Crippen molar-refractivity contribution in [3.63, 3.8) is 0 Å². The molecule has 11 heteroatoms. The van der Waals surface area contributed by atoms with Crippen LogP contribution in [0.4, 0.5) is 0 Å². The molecule has 0 bridgehead atoms. The Balaban J connectivity index is 1.53. The zero-order chi connectivity index (χ0) is 31.1. The summed E-state index contributed by atoms with van der Waals surface area (Å²) in [7, 11) is 1.53. The molecule has 0 spiro atoms. The maximum atomic E-state index is 13.7. The van der Waals surface area contributed by atoms with Crippen molar-refractivity contribution in [3.8, 4) is 5.75 Å². The number of hydrogen-bond acceptors (Lipinski definition) is 9. The Bertz CT molecular complexity index is 1270. The fraction of sp³-hybridized carbons (Fsp3) is 0.594. The van der Waals surface area contributed by atoms with E-state index in [1.54, 1.807) is 12.1 Å². The molecule has 2 aromatic rings. The molecule has 6 atom stereocenters. The standard InChI is InChI=1S/C32H46N2O8S/c1-22(2)19-34(43(37,38)26-13-11-25(39-5)12-14-26)20-28(35)24(17-23-9-7-6-8-10-23)18-30(36)42-29-15-16-40-32-31(29)27(21-41-32)33(3)4/h6-14,22,24,27-29,31-32,35H,15-21H2,1-5H3/t24-,27+,28-,29+,31+,32+/m1/s1. The molecule has 2 aliphatic heterocycles. The van der Waals surface area contributed by atoms with Crippen LogP contribution in [-0.2, 0) is 35.4 Å². The van der Waals surface area contributed by atoms with Crippen LogP contribution in [0.25, 0.3) is 0 Å². The number of rotatable bonds is 14. The summed E-state index contributed by atoms with van der Waals surface area (Å²) in [6.07, 6.45) is -1.02. The molecule has 238 valence electrons. The molecule has 10 nitrogen and oxygen atoms in total. The number of benzene rings is 2. The lowest BCUT2D eigenvalue weighted by Gasteiger charge is -2.37. The molecular formula is C32H46N2O8S. The van der Waals surface area contributed by atoms with Crippen molar-refractivity contribution in [1.29, 1.82) is 0 Å². The van der Waals surface area contributed by atoms with Gasteiger partial charge in [0.05, 0.1) is 43.7 Å². The van der Waals surface area contributed by atoms with Gasteiger partial charge >= 0.3 is 5.97 Å². The minimum atomic E-state index is -3.93. The summed E-state index contributed by atoms with van der Waals surface area (Å²) in [5.41, 5.74) is 0.941. The molecule has 2 heterocycles. The molecule has 0 aromatic heterocycles. The number of carbonyl (C=O) groups excluding carboxylic acids is 1. The topological polar surface area (TPSA) is 115 Å². The number of nitrogens with zero attached hydrogens (tertiary/aromatic N) is 2. The number of hydrogen-bond donors (Lipinski definition) is 1. The van der Waals surface area contributed by atoms with Crippen LogP contribution in [-0.4, -0.2) is 101 Å². The maximum Gasteiger partial charge on any atom is 0.306 e. The summed E-state index contributed by atoms with van der Waals surface area (Å²) in [5, 5.41) is 11.6. The van der Waals surface area contributed by atoms with E-state index in [4.69, 9.17) is 18.9 Å². The summed E-state index contributed by atoms with van der Waals surface area (Å²) in [6.45, 7) is 4.84. The predicted octanol–water partition coefficient (Wildman–Crippen LogP) is 3.19. The van der Waals surface area contributed by atoms with Crippen LogP contribution >= 0.6 is 0 Å². The van der Waals surface area contributed by atoms with Crippen LogP contribution in [0.1, 0.15) is 32.3 Å². The van der Waals surface area contributed by atoms with Gasteiger partial charge in [0.2, 0.25) is 10.0 Å². The van der Waals surface area contributed by atoms with Gasteiger partial charge in [-0.1, -0.05) is 44.2 Å². The van der Waals surface area contributed by atoms with Gasteiger partial charge in [0.25, 0.3) is 0 Å². The van der Waals surface area contributed by atoms with Crippen molar-refractivity contribution in [2.75, 3.05) is 47.5 Å². The lowest BCUT2D eigenvalue weighted by atomic mass is 9.89. The van der Waals surface area contributed by atoms with Crippen LogP contribution in [0.5, 0.6) is 5.75 Å². The Morgan fingerprint density at radius 2 is 1.74 bits per heavy atom. The number of carbonyl (C=O) groups is 1. The van der Waals surface area contributed by atoms with Gasteiger partial charge in [-0.2, -0.15) is 4.31 Å². The second kappa shape index (κ2) is 15.0. The van der Waals surface area contributed by atoms with Crippen molar-refractivity contribution in [1.82, 2.24) is 9.21 Å². The van der Waals surface area contributed by atoms with Crippen LogP contribution in [0.2, 0.25) is 0 Å². The van der Waals surface area contributed by atoms with Gasteiger partial charge in [-0.3, -0.25) is 4.79 Å². The monoisotopic (exact) mass is 618 g/mol. The highest BCUT2D eigenvalue weighted by molar-refractivity contribution is 7.89. The molecule has 0 unspecified atom stereocenters. The summed E-state index contributed by atoms with van der Waals surface area (Å²) < 4.78 is 51.6. The number of likely N-dealkylation sites (N-methyl/N-ethyl adjacent to an activating group) is 1. The van der Waals surface area contributed by atoms with E-state index in [0.717, 1.165) is 5.56 Å². The fourth-order valence-electron chi connectivity index (χ4n) is 5.93. The predicted molar refractivity (Wildman–Crippen MR) is 162 cm³/mol. The van der Waals surface area contributed by atoms with Gasteiger partial charge in [-0.05, 0) is 56.3 Å². The van der Waals surface area contributed by atoms with Gasteiger partial charge in [0.1, 0.15) is 11.9 Å². The molecule has 1 N–H and O–H groups in total. The lowest BCUT2D eigenvalue weighted by Crippen LogP contribution is -2.48. The maximum absolute atomic E-state index is 13.7. The molecule has 2 fully saturated rings. The van der Waals surface area contributed by atoms with Gasteiger partial charge in [-0.25, -0.2) is 8.42 Å². The molecule has 2 aliphatic rings. The Morgan fingerprint density at radius 3 is 2.37 bits per heavy atom. The number of fused-ring (bicyclic) bond motifs is 1. The van der Waals surface area contributed by atoms with Crippen LogP contribution in [0.15, 0.2) is 59.5 Å². The normalized spacial score (nSPS) is 23.7. The lowest BCUT2D eigenvalue weighted by molar-refractivity contribution is -0.197. The quantitative estimate of drug-likeness (QED) is 0.319. The SMILES string of the molecule is COc1ccc(S(=O)(=O)N(CC(C)C)C[C@@H](O)[C@@H](CC(=O)O[C@H]2CCO[C@H]3OC[C@H](N(C)C)[C@H]32)Cc2ccccc2)cc1. The number of methoxy groups -OCH3 is 1. The van der Waals surface area contributed by atoms with Crippen molar-refractivity contribution in [3.05, 3.63) is 60.2 Å². The van der Waals surface area contributed by atoms with E-state index in [9.17, 15) is 18.3 Å². The molecule has 2 saturated heterocycles. The van der Waals surface area contributed by atoms with E-state index in [1.807, 2.05) is 58.3 Å². The minimum absolute atomic E-state index is 0.0116.